The zero-order valence-electron chi connectivity index (χ0n) is 12.3. The highest BCUT2D eigenvalue weighted by Crippen LogP contribution is 2.30. The first-order valence-corrected chi connectivity index (χ1v) is 7.24. The number of hydrogen-bond acceptors (Lipinski definition) is 4. The van der Waals surface area contributed by atoms with Crippen LogP contribution < -0.4 is 16.0 Å². The van der Waals surface area contributed by atoms with Crippen LogP contribution in [-0.2, 0) is 4.79 Å². The van der Waals surface area contributed by atoms with Crippen LogP contribution in [-0.4, -0.2) is 31.5 Å². The molecule has 0 aliphatic heterocycles. The van der Waals surface area contributed by atoms with E-state index in [0.29, 0.717) is 5.92 Å². The Balaban J connectivity index is 1.98. The fourth-order valence-electron chi connectivity index (χ4n) is 2.77. The quantitative estimate of drug-likeness (QED) is 0.880. The summed E-state index contributed by atoms with van der Waals surface area (Å²) in [5.41, 5.74) is 7.44. The zero-order valence-corrected chi connectivity index (χ0v) is 12.3. The lowest BCUT2D eigenvalue weighted by Gasteiger charge is -2.27. The molecule has 0 spiro atoms. The second-order valence-corrected chi connectivity index (χ2v) is 5.73. The summed E-state index contributed by atoms with van der Waals surface area (Å²) in [6.07, 6.45) is 7.43. The summed E-state index contributed by atoms with van der Waals surface area (Å²) in [5, 5.41) is 3.02. The number of carbonyl (C=O) groups is 1. The average molecular weight is 276 g/mol. The van der Waals surface area contributed by atoms with Crippen LogP contribution in [0, 0.1) is 11.8 Å². The molecule has 0 saturated heterocycles. The van der Waals surface area contributed by atoms with E-state index in [9.17, 15) is 4.79 Å². The minimum Gasteiger partial charge on any atom is -0.376 e. The van der Waals surface area contributed by atoms with Crippen LogP contribution in [0.2, 0.25) is 0 Å². The van der Waals surface area contributed by atoms with Crippen molar-refractivity contribution >= 4 is 17.3 Å². The standard InChI is InChI=1S/C15H24N4O/c1-19(2)14-7-8-17-10-13(14)18-15(20)12-5-3-11(9-16)4-6-12/h7-8,10-12H,3-6,9,16H2,1-2H3,(H,18,20). The smallest absolute Gasteiger partial charge is 0.227 e. The lowest BCUT2D eigenvalue weighted by molar-refractivity contribution is -0.121. The molecule has 110 valence electrons. The molecule has 1 aromatic rings. The first-order chi connectivity index (χ1) is 9.61. The summed E-state index contributed by atoms with van der Waals surface area (Å²) >= 11 is 0. The van der Waals surface area contributed by atoms with Gasteiger partial charge in [-0.2, -0.15) is 0 Å². The minimum atomic E-state index is 0.105. The number of carbonyl (C=O) groups excluding carboxylic acids is 1. The number of anilines is 2. The van der Waals surface area contributed by atoms with Gasteiger partial charge in [0.1, 0.15) is 0 Å². The zero-order chi connectivity index (χ0) is 14.5. The van der Waals surface area contributed by atoms with E-state index >= 15 is 0 Å². The number of amides is 1. The molecule has 1 amide bonds. The highest BCUT2D eigenvalue weighted by Gasteiger charge is 2.26. The maximum Gasteiger partial charge on any atom is 0.227 e. The van der Waals surface area contributed by atoms with E-state index in [1.165, 1.54) is 0 Å². The van der Waals surface area contributed by atoms with Crippen molar-refractivity contribution in [3.05, 3.63) is 18.5 Å². The molecule has 0 aromatic carbocycles. The van der Waals surface area contributed by atoms with Gasteiger partial charge in [-0.1, -0.05) is 0 Å². The third-order valence-electron chi connectivity index (χ3n) is 4.09. The van der Waals surface area contributed by atoms with E-state index in [-0.39, 0.29) is 11.8 Å². The molecule has 1 aliphatic rings. The molecule has 3 N–H and O–H groups in total. The average Bonchev–Trinajstić information content (AvgIpc) is 2.47. The van der Waals surface area contributed by atoms with Crippen molar-refractivity contribution in [3.63, 3.8) is 0 Å². The predicted octanol–water partition coefficient (Wildman–Crippen LogP) is 1.85. The summed E-state index contributed by atoms with van der Waals surface area (Å²) in [7, 11) is 3.91. The molecular formula is C15H24N4O. The van der Waals surface area contributed by atoms with E-state index in [0.717, 1.165) is 43.6 Å². The Hall–Kier alpha value is -1.62. The van der Waals surface area contributed by atoms with Gasteiger partial charge in [-0.3, -0.25) is 9.78 Å². The van der Waals surface area contributed by atoms with Crippen LogP contribution in [0.1, 0.15) is 25.7 Å². The van der Waals surface area contributed by atoms with Crippen molar-refractivity contribution in [3.8, 4) is 0 Å². The lowest BCUT2D eigenvalue weighted by atomic mass is 9.81. The Morgan fingerprint density at radius 1 is 1.40 bits per heavy atom. The summed E-state index contributed by atoms with van der Waals surface area (Å²) in [4.78, 5) is 18.4. The third kappa shape index (κ3) is 3.48. The number of rotatable bonds is 4. The molecule has 0 radical (unpaired) electrons. The van der Waals surface area contributed by atoms with Crippen LogP contribution in [0.4, 0.5) is 11.4 Å². The molecule has 20 heavy (non-hydrogen) atoms. The minimum absolute atomic E-state index is 0.105. The van der Waals surface area contributed by atoms with Crippen LogP contribution >= 0.6 is 0 Å². The highest BCUT2D eigenvalue weighted by molar-refractivity contribution is 5.95. The molecule has 0 unspecified atom stereocenters. The molecule has 1 heterocycles. The molecule has 1 saturated carbocycles. The first-order valence-electron chi connectivity index (χ1n) is 7.24. The Bertz CT molecular complexity index is 453. The molecule has 5 nitrogen and oxygen atoms in total. The molecule has 1 fully saturated rings. The lowest BCUT2D eigenvalue weighted by Crippen LogP contribution is -2.29. The van der Waals surface area contributed by atoms with Crippen molar-refractivity contribution < 1.29 is 4.79 Å². The topological polar surface area (TPSA) is 71.2 Å². The van der Waals surface area contributed by atoms with Crippen molar-refractivity contribution in [2.24, 2.45) is 17.6 Å². The second-order valence-electron chi connectivity index (χ2n) is 5.73. The largest absolute Gasteiger partial charge is 0.376 e. The van der Waals surface area contributed by atoms with Gasteiger partial charge in [0.15, 0.2) is 0 Å². The maximum absolute atomic E-state index is 12.3. The van der Waals surface area contributed by atoms with Gasteiger partial charge in [0, 0.05) is 26.2 Å². The number of aromatic nitrogens is 1. The third-order valence-corrected chi connectivity index (χ3v) is 4.09. The van der Waals surface area contributed by atoms with Crippen LogP contribution in [0.15, 0.2) is 18.5 Å². The number of nitrogens with two attached hydrogens (primary N) is 1. The van der Waals surface area contributed by atoms with Crippen molar-refractivity contribution in [1.82, 2.24) is 4.98 Å². The first kappa shape index (κ1) is 14.8. The van der Waals surface area contributed by atoms with E-state index < -0.39 is 0 Å². The van der Waals surface area contributed by atoms with E-state index in [2.05, 4.69) is 10.3 Å². The summed E-state index contributed by atoms with van der Waals surface area (Å²) in [5.74, 6) is 0.805. The Morgan fingerprint density at radius 3 is 2.70 bits per heavy atom. The fraction of sp³-hybridized carbons (Fsp3) is 0.600. The normalized spacial score (nSPS) is 22.4. The second kappa shape index (κ2) is 6.70. The van der Waals surface area contributed by atoms with E-state index in [4.69, 9.17) is 5.73 Å². The molecule has 0 atom stereocenters. The SMILES string of the molecule is CN(C)c1ccncc1NC(=O)C1CCC(CN)CC1. The maximum atomic E-state index is 12.3. The summed E-state index contributed by atoms with van der Waals surface area (Å²) in [6.45, 7) is 0.738. The van der Waals surface area contributed by atoms with Gasteiger partial charge in [-0.25, -0.2) is 0 Å². The number of pyridine rings is 1. The number of nitrogens with zero attached hydrogens (tertiary/aromatic N) is 2. The number of hydrogen-bond donors (Lipinski definition) is 2. The predicted molar refractivity (Wildman–Crippen MR) is 81.7 cm³/mol. The summed E-state index contributed by atoms with van der Waals surface area (Å²) < 4.78 is 0. The molecule has 2 rings (SSSR count). The number of nitrogens with one attached hydrogen (secondary N) is 1. The van der Waals surface area contributed by atoms with Crippen molar-refractivity contribution in [1.29, 1.82) is 0 Å². The molecule has 1 aliphatic carbocycles. The van der Waals surface area contributed by atoms with Crippen molar-refractivity contribution in [2.45, 2.75) is 25.7 Å². The van der Waals surface area contributed by atoms with Crippen LogP contribution in [0.5, 0.6) is 0 Å². The van der Waals surface area contributed by atoms with Gasteiger partial charge < -0.3 is 16.0 Å². The van der Waals surface area contributed by atoms with Crippen LogP contribution in [0.3, 0.4) is 0 Å². The van der Waals surface area contributed by atoms with Gasteiger partial charge >= 0.3 is 0 Å². The van der Waals surface area contributed by atoms with Gasteiger partial charge in [-0.05, 0) is 44.2 Å². The monoisotopic (exact) mass is 276 g/mol. The van der Waals surface area contributed by atoms with Gasteiger partial charge in [0.25, 0.3) is 0 Å². The van der Waals surface area contributed by atoms with Gasteiger partial charge in [-0.15, -0.1) is 0 Å². The van der Waals surface area contributed by atoms with Crippen molar-refractivity contribution in [2.75, 3.05) is 30.9 Å². The Labute approximate surface area is 120 Å². The van der Waals surface area contributed by atoms with E-state index in [1.54, 1.807) is 12.4 Å². The molecule has 1 aromatic heterocycles. The fourth-order valence-corrected chi connectivity index (χ4v) is 2.77. The highest BCUT2D eigenvalue weighted by atomic mass is 16.1. The summed E-state index contributed by atoms with van der Waals surface area (Å²) in [6, 6.07) is 1.90. The van der Waals surface area contributed by atoms with Gasteiger partial charge in [0.05, 0.1) is 17.6 Å². The molecule has 0 bridgehead atoms. The van der Waals surface area contributed by atoms with Gasteiger partial charge in [0.2, 0.25) is 5.91 Å². The molecule has 5 heteroatoms. The molecular weight excluding hydrogens is 252 g/mol. The Morgan fingerprint density at radius 2 is 2.10 bits per heavy atom. The van der Waals surface area contributed by atoms with Crippen LogP contribution in [0.25, 0.3) is 0 Å². The Kier molecular flexibility index (Phi) is 4.95. The van der Waals surface area contributed by atoms with E-state index in [1.807, 2.05) is 25.1 Å².